The molecule has 3 fully saturated rings. The zero-order valence-electron chi connectivity index (χ0n) is 14.4. The summed E-state index contributed by atoms with van der Waals surface area (Å²) in [5.41, 5.74) is 0.416. The van der Waals surface area contributed by atoms with Gasteiger partial charge in [-0.3, -0.25) is 4.79 Å². The molecule has 1 spiro atoms. The number of nitrogens with one attached hydrogen (secondary N) is 1. The highest BCUT2D eigenvalue weighted by Gasteiger charge is 2.41. The van der Waals surface area contributed by atoms with Gasteiger partial charge in [-0.25, -0.2) is 18.4 Å². The molecule has 0 aromatic carbocycles. The lowest BCUT2D eigenvalue weighted by Gasteiger charge is -2.37. The molecule has 26 heavy (non-hydrogen) atoms. The van der Waals surface area contributed by atoms with Crippen LogP contribution < -0.4 is 5.32 Å². The van der Waals surface area contributed by atoms with Gasteiger partial charge in [0.05, 0.1) is 30.3 Å². The van der Waals surface area contributed by atoms with E-state index in [-0.39, 0.29) is 23.5 Å². The van der Waals surface area contributed by atoms with Crippen LogP contribution in [0.2, 0.25) is 0 Å². The molecule has 142 valence electrons. The van der Waals surface area contributed by atoms with Gasteiger partial charge in [-0.1, -0.05) is 0 Å². The summed E-state index contributed by atoms with van der Waals surface area (Å²) in [5.74, 6) is -0.00771. The fraction of sp³-hybridized carbons (Fsp3) is 0.688. The molecule has 3 saturated heterocycles. The summed E-state index contributed by atoms with van der Waals surface area (Å²) in [5, 5.41) is 3.02. The van der Waals surface area contributed by atoms with Crippen LogP contribution in [0.25, 0.3) is 0 Å². The molecule has 0 radical (unpaired) electrons. The second kappa shape index (κ2) is 6.75. The zero-order valence-corrected chi connectivity index (χ0v) is 15.2. The SMILES string of the molecule is O=C(c1cnc(NC2CCS(=O)(=O)C2)nc1)N1CCC2(CC1)OCCO2. The summed E-state index contributed by atoms with van der Waals surface area (Å²) < 4.78 is 34.3. The van der Waals surface area contributed by atoms with Crippen molar-refractivity contribution < 1.29 is 22.7 Å². The Morgan fingerprint density at radius 1 is 1.19 bits per heavy atom. The number of rotatable bonds is 3. The minimum atomic E-state index is -2.96. The number of nitrogens with zero attached hydrogens (tertiary/aromatic N) is 3. The third kappa shape index (κ3) is 3.67. The summed E-state index contributed by atoms with van der Waals surface area (Å²) in [4.78, 5) is 22.7. The largest absolute Gasteiger partial charge is 0.350 e. The number of hydrogen-bond donors (Lipinski definition) is 1. The summed E-state index contributed by atoms with van der Waals surface area (Å²) in [7, 11) is -2.96. The average Bonchev–Trinajstić information content (AvgIpc) is 3.22. The van der Waals surface area contributed by atoms with Crippen LogP contribution in [0.15, 0.2) is 12.4 Å². The Hall–Kier alpha value is -1.78. The van der Waals surface area contributed by atoms with Gasteiger partial charge in [0.1, 0.15) is 0 Å². The van der Waals surface area contributed by atoms with Gasteiger partial charge in [-0.05, 0) is 6.42 Å². The molecule has 0 aliphatic carbocycles. The summed E-state index contributed by atoms with van der Waals surface area (Å²) >= 11 is 0. The standard InChI is InChI=1S/C16H22N4O5S/c21-14(20-4-2-16(3-5-20)24-6-7-25-16)12-9-17-15(18-10-12)19-13-1-8-26(22,23)11-13/h9-10,13H,1-8,11H2,(H,17,18,19). The number of ether oxygens (including phenoxy) is 2. The summed E-state index contributed by atoms with van der Waals surface area (Å²) in [6.45, 7) is 2.36. The van der Waals surface area contributed by atoms with Crippen molar-refractivity contribution in [1.82, 2.24) is 14.9 Å². The van der Waals surface area contributed by atoms with Crippen LogP contribution in [0.3, 0.4) is 0 Å². The zero-order chi connectivity index (χ0) is 18.2. The molecule has 1 aromatic heterocycles. The lowest BCUT2D eigenvalue weighted by Crippen LogP contribution is -2.47. The number of carbonyl (C=O) groups is 1. The van der Waals surface area contributed by atoms with Crippen LogP contribution in [-0.2, 0) is 19.3 Å². The number of anilines is 1. The second-order valence-electron chi connectivity index (χ2n) is 6.94. The maximum absolute atomic E-state index is 12.6. The van der Waals surface area contributed by atoms with Crippen molar-refractivity contribution in [3.8, 4) is 0 Å². The number of amides is 1. The lowest BCUT2D eigenvalue weighted by atomic mass is 10.0. The molecular weight excluding hydrogens is 360 g/mol. The topological polar surface area (TPSA) is 111 Å². The molecule has 1 atom stereocenters. The molecule has 1 aromatic rings. The van der Waals surface area contributed by atoms with Gasteiger partial charge in [0.15, 0.2) is 15.6 Å². The molecule has 0 bridgehead atoms. The predicted molar refractivity (Wildman–Crippen MR) is 92.5 cm³/mol. The maximum Gasteiger partial charge on any atom is 0.256 e. The molecular formula is C16H22N4O5S. The van der Waals surface area contributed by atoms with Gasteiger partial charge in [0.2, 0.25) is 5.95 Å². The molecule has 3 aliphatic rings. The van der Waals surface area contributed by atoms with E-state index in [0.29, 0.717) is 57.1 Å². The summed E-state index contributed by atoms with van der Waals surface area (Å²) in [6, 6.07) is -0.175. The van der Waals surface area contributed by atoms with Gasteiger partial charge in [-0.2, -0.15) is 0 Å². The first-order valence-corrected chi connectivity index (χ1v) is 10.6. The minimum absolute atomic E-state index is 0.0940. The lowest BCUT2D eigenvalue weighted by molar-refractivity contribution is -0.181. The number of carbonyl (C=O) groups excluding carboxylic acids is 1. The Kier molecular flexibility index (Phi) is 4.57. The average molecular weight is 382 g/mol. The van der Waals surface area contributed by atoms with Crippen molar-refractivity contribution >= 4 is 21.7 Å². The van der Waals surface area contributed by atoms with E-state index in [1.807, 2.05) is 0 Å². The Morgan fingerprint density at radius 2 is 1.85 bits per heavy atom. The van der Waals surface area contributed by atoms with Crippen LogP contribution in [0.5, 0.6) is 0 Å². The van der Waals surface area contributed by atoms with E-state index in [1.54, 1.807) is 4.90 Å². The van der Waals surface area contributed by atoms with E-state index in [4.69, 9.17) is 9.47 Å². The van der Waals surface area contributed by atoms with Crippen molar-refractivity contribution in [2.45, 2.75) is 31.1 Å². The monoisotopic (exact) mass is 382 g/mol. The smallest absolute Gasteiger partial charge is 0.256 e. The van der Waals surface area contributed by atoms with Crippen molar-refractivity contribution in [1.29, 1.82) is 0 Å². The first kappa shape index (κ1) is 17.6. The van der Waals surface area contributed by atoms with Gasteiger partial charge in [0, 0.05) is 44.4 Å². The normalized spacial score (nSPS) is 26.9. The van der Waals surface area contributed by atoms with E-state index >= 15 is 0 Å². The molecule has 1 unspecified atom stereocenters. The third-order valence-corrected chi connectivity index (χ3v) is 6.86. The maximum atomic E-state index is 12.6. The van der Waals surface area contributed by atoms with Crippen LogP contribution in [0, 0.1) is 0 Å². The highest BCUT2D eigenvalue weighted by Crippen LogP contribution is 2.31. The molecule has 1 N–H and O–H groups in total. The van der Waals surface area contributed by atoms with Crippen molar-refractivity contribution in [2.24, 2.45) is 0 Å². The van der Waals surface area contributed by atoms with E-state index in [0.717, 1.165) is 0 Å². The highest BCUT2D eigenvalue weighted by atomic mass is 32.2. The molecule has 9 nitrogen and oxygen atoms in total. The fourth-order valence-electron chi connectivity index (χ4n) is 3.62. The molecule has 10 heteroatoms. The third-order valence-electron chi connectivity index (χ3n) is 5.09. The van der Waals surface area contributed by atoms with Gasteiger partial charge < -0.3 is 19.7 Å². The summed E-state index contributed by atoms with van der Waals surface area (Å²) in [6.07, 6.45) is 4.83. The predicted octanol–water partition coefficient (Wildman–Crippen LogP) is 0.0547. The van der Waals surface area contributed by atoms with Gasteiger partial charge in [-0.15, -0.1) is 0 Å². The highest BCUT2D eigenvalue weighted by molar-refractivity contribution is 7.91. The molecule has 4 heterocycles. The molecule has 3 aliphatic heterocycles. The first-order chi connectivity index (χ1) is 12.4. The van der Waals surface area contributed by atoms with Crippen molar-refractivity contribution in [2.75, 3.05) is 43.1 Å². The number of piperidine rings is 1. The van der Waals surface area contributed by atoms with Crippen LogP contribution >= 0.6 is 0 Å². The number of aromatic nitrogens is 2. The number of hydrogen-bond acceptors (Lipinski definition) is 8. The number of sulfone groups is 1. The van der Waals surface area contributed by atoms with Gasteiger partial charge in [0.25, 0.3) is 5.91 Å². The number of likely N-dealkylation sites (tertiary alicyclic amines) is 1. The van der Waals surface area contributed by atoms with E-state index in [1.165, 1.54) is 12.4 Å². The van der Waals surface area contributed by atoms with Crippen LogP contribution in [-0.4, -0.2) is 78.8 Å². The van der Waals surface area contributed by atoms with Gasteiger partial charge >= 0.3 is 0 Å². The Bertz CT molecular complexity index is 766. The molecule has 1 amide bonds. The minimum Gasteiger partial charge on any atom is -0.350 e. The van der Waals surface area contributed by atoms with Crippen LogP contribution in [0.1, 0.15) is 29.6 Å². The van der Waals surface area contributed by atoms with Crippen molar-refractivity contribution in [3.63, 3.8) is 0 Å². The van der Waals surface area contributed by atoms with Crippen LogP contribution in [0.4, 0.5) is 5.95 Å². The first-order valence-electron chi connectivity index (χ1n) is 8.81. The quantitative estimate of drug-likeness (QED) is 0.781. The van der Waals surface area contributed by atoms with E-state index in [2.05, 4.69) is 15.3 Å². The second-order valence-corrected chi connectivity index (χ2v) is 9.17. The van der Waals surface area contributed by atoms with E-state index < -0.39 is 15.6 Å². The molecule has 4 rings (SSSR count). The van der Waals surface area contributed by atoms with E-state index in [9.17, 15) is 13.2 Å². The Labute approximate surface area is 152 Å². The van der Waals surface area contributed by atoms with Crippen molar-refractivity contribution in [3.05, 3.63) is 18.0 Å². The fourth-order valence-corrected chi connectivity index (χ4v) is 5.30. The Balaban J connectivity index is 1.34. The Morgan fingerprint density at radius 3 is 2.42 bits per heavy atom. The molecule has 0 saturated carbocycles.